The number of carbonyl (C=O) groups is 1. The molecule has 4 heteroatoms. The Morgan fingerprint density at radius 3 is 3.00 bits per heavy atom. The summed E-state index contributed by atoms with van der Waals surface area (Å²) in [6, 6.07) is 4.37. The number of rotatable bonds is 4. The van der Waals surface area contributed by atoms with E-state index in [-0.39, 0.29) is 11.6 Å². The molecule has 16 heavy (non-hydrogen) atoms. The van der Waals surface area contributed by atoms with Gasteiger partial charge < -0.3 is 4.98 Å². The van der Waals surface area contributed by atoms with E-state index in [9.17, 15) is 9.18 Å². The SMILES string of the molecule is O=C(CCCCl)c1c[nH]c2ccc(F)cc12. The van der Waals surface area contributed by atoms with Gasteiger partial charge in [0.05, 0.1) is 0 Å². The number of hydrogen-bond acceptors (Lipinski definition) is 1. The third-order valence-electron chi connectivity index (χ3n) is 2.48. The molecule has 0 aliphatic carbocycles. The Labute approximate surface area is 97.4 Å². The maximum atomic E-state index is 13.1. The minimum Gasteiger partial charge on any atom is -0.360 e. The molecule has 0 bridgehead atoms. The van der Waals surface area contributed by atoms with Crippen molar-refractivity contribution in [2.75, 3.05) is 5.88 Å². The monoisotopic (exact) mass is 239 g/mol. The van der Waals surface area contributed by atoms with Gasteiger partial charge in [0.1, 0.15) is 5.82 Å². The maximum Gasteiger partial charge on any atom is 0.165 e. The molecule has 0 atom stereocenters. The quantitative estimate of drug-likeness (QED) is 0.643. The standard InChI is InChI=1S/C12H11ClFNO/c13-5-1-2-12(16)10-7-15-11-4-3-8(14)6-9(10)11/h3-4,6-7,15H,1-2,5H2. The summed E-state index contributed by atoms with van der Waals surface area (Å²) in [7, 11) is 0. The second-order valence-electron chi connectivity index (χ2n) is 3.61. The number of carbonyl (C=O) groups excluding carboxylic acids is 1. The molecule has 0 spiro atoms. The third kappa shape index (κ3) is 2.09. The van der Waals surface area contributed by atoms with Gasteiger partial charge >= 0.3 is 0 Å². The summed E-state index contributed by atoms with van der Waals surface area (Å²) in [6.07, 6.45) is 2.66. The van der Waals surface area contributed by atoms with Crippen LogP contribution in [0.1, 0.15) is 23.2 Å². The molecule has 1 aromatic heterocycles. The first-order chi connectivity index (χ1) is 7.72. The predicted octanol–water partition coefficient (Wildman–Crippen LogP) is 3.51. The zero-order valence-corrected chi connectivity index (χ0v) is 9.35. The van der Waals surface area contributed by atoms with Gasteiger partial charge in [0.15, 0.2) is 5.78 Å². The van der Waals surface area contributed by atoms with Crippen molar-refractivity contribution in [2.24, 2.45) is 0 Å². The average Bonchev–Trinajstić information content (AvgIpc) is 2.68. The molecule has 0 unspecified atom stereocenters. The van der Waals surface area contributed by atoms with Crippen molar-refractivity contribution in [3.05, 3.63) is 35.8 Å². The Kier molecular flexibility index (Phi) is 3.25. The van der Waals surface area contributed by atoms with Crippen LogP contribution in [0.5, 0.6) is 0 Å². The normalized spacial score (nSPS) is 10.9. The zero-order chi connectivity index (χ0) is 11.5. The highest BCUT2D eigenvalue weighted by molar-refractivity contribution is 6.18. The summed E-state index contributed by atoms with van der Waals surface area (Å²) in [5.74, 6) is 0.124. The molecule has 0 fully saturated rings. The molecule has 0 saturated heterocycles. The lowest BCUT2D eigenvalue weighted by atomic mass is 10.1. The van der Waals surface area contributed by atoms with Crippen LogP contribution in [-0.4, -0.2) is 16.6 Å². The molecule has 0 aliphatic heterocycles. The maximum absolute atomic E-state index is 13.1. The molecular formula is C12H11ClFNO. The molecule has 2 aromatic rings. The van der Waals surface area contributed by atoms with Gasteiger partial charge in [0, 0.05) is 35.0 Å². The van der Waals surface area contributed by atoms with E-state index in [1.807, 2.05) is 0 Å². The molecule has 1 aromatic carbocycles. The summed E-state index contributed by atoms with van der Waals surface area (Å²) < 4.78 is 13.1. The second kappa shape index (κ2) is 4.66. The summed E-state index contributed by atoms with van der Waals surface area (Å²) in [5, 5.41) is 0.638. The number of halogens is 2. The fourth-order valence-corrected chi connectivity index (χ4v) is 1.82. The molecule has 1 heterocycles. The number of aromatic nitrogens is 1. The third-order valence-corrected chi connectivity index (χ3v) is 2.75. The highest BCUT2D eigenvalue weighted by Crippen LogP contribution is 2.21. The van der Waals surface area contributed by atoms with Crippen LogP contribution in [0.25, 0.3) is 10.9 Å². The van der Waals surface area contributed by atoms with E-state index < -0.39 is 0 Å². The van der Waals surface area contributed by atoms with Crippen LogP contribution in [-0.2, 0) is 0 Å². The molecule has 1 N–H and O–H groups in total. The van der Waals surface area contributed by atoms with Gasteiger partial charge in [-0.15, -0.1) is 11.6 Å². The van der Waals surface area contributed by atoms with E-state index >= 15 is 0 Å². The molecule has 0 amide bonds. The Balaban J connectivity index is 2.37. The second-order valence-corrected chi connectivity index (χ2v) is 3.99. The predicted molar refractivity (Wildman–Crippen MR) is 62.5 cm³/mol. The van der Waals surface area contributed by atoms with Crippen molar-refractivity contribution in [1.82, 2.24) is 4.98 Å². The summed E-state index contributed by atoms with van der Waals surface area (Å²) in [5.41, 5.74) is 1.32. The lowest BCUT2D eigenvalue weighted by molar-refractivity contribution is 0.0983. The minimum atomic E-state index is -0.335. The van der Waals surface area contributed by atoms with Crippen molar-refractivity contribution < 1.29 is 9.18 Å². The fraction of sp³-hybridized carbons (Fsp3) is 0.250. The van der Waals surface area contributed by atoms with Gasteiger partial charge in [-0.25, -0.2) is 4.39 Å². The highest BCUT2D eigenvalue weighted by atomic mass is 35.5. The lowest BCUT2D eigenvalue weighted by Crippen LogP contribution is -1.98. The van der Waals surface area contributed by atoms with Crippen LogP contribution in [0.4, 0.5) is 4.39 Å². The molecule has 84 valence electrons. The number of benzene rings is 1. The largest absolute Gasteiger partial charge is 0.360 e. The van der Waals surface area contributed by atoms with Gasteiger partial charge in [-0.05, 0) is 24.6 Å². The Bertz CT molecular complexity index is 521. The van der Waals surface area contributed by atoms with Gasteiger partial charge in [0.2, 0.25) is 0 Å². The van der Waals surface area contributed by atoms with Crippen LogP contribution in [0.3, 0.4) is 0 Å². The average molecular weight is 240 g/mol. The van der Waals surface area contributed by atoms with Crippen LogP contribution in [0.2, 0.25) is 0 Å². The summed E-state index contributed by atoms with van der Waals surface area (Å²) in [4.78, 5) is 14.7. The molecule has 0 aliphatic rings. The van der Waals surface area contributed by atoms with Crippen LogP contribution in [0.15, 0.2) is 24.4 Å². The first kappa shape index (κ1) is 11.1. The van der Waals surface area contributed by atoms with E-state index in [0.717, 1.165) is 5.52 Å². The van der Waals surface area contributed by atoms with E-state index in [2.05, 4.69) is 4.98 Å². The first-order valence-electron chi connectivity index (χ1n) is 5.08. The van der Waals surface area contributed by atoms with Crippen molar-refractivity contribution >= 4 is 28.3 Å². The van der Waals surface area contributed by atoms with Gasteiger partial charge in [0.25, 0.3) is 0 Å². The van der Waals surface area contributed by atoms with Gasteiger partial charge in [-0.3, -0.25) is 4.79 Å². The number of aromatic amines is 1. The lowest BCUT2D eigenvalue weighted by Gasteiger charge is -1.97. The van der Waals surface area contributed by atoms with E-state index in [1.165, 1.54) is 12.1 Å². The number of ketones is 1. The Morgan fingerprint density at radius 1 is 1.44 bits per heavy atom. The Hall–Kier alpha value is -1.35. The fourth-order valence-electron chi connectivity index (χ4n) is 1.69. The van der Waals surface area contributed by atoms with Crippen molar-refractivity contribution in [1.29, 1.82) is 0 Å². The molecule has 0 radical (unpaired) electrons. The Morgan fingerprint density at radius 2 is 2.25 bits per heavy atom. The van der Waals surface area contributed by atoms with Gasteiger partial charge in [-0.1, -0.05) is 0 Å². The smallest absolute Gasteiger partial charge is 0.165 e. The summed E-state index contributed by atoms with van der Waals surface area (Å²) >= 11 is 5.53. The van der Waals surface area contributed by atoms with Crippen molar-refractivity contribution in [2.45, 2.75) is 12.8 Å². The first-order valence-corrected chi connectivity index (χ1v) is 5.61. The molecular weight excluding hydrogens is 229 g/mol. The van der Waals surface area contributed by atoms with E-state index in [0.29, 0.717) is 29.7 Å². The number of hydrogen-bond donors (Lipinski definition) is 1. The number of Topliss-reactive ketones (excluding diaryl/α,β-unsaturated/α-hetero) is 1. The van der Waals surface area contributed by atoms with Crippen LogP contribution < -0.4 is 0 Å². The number of alkyl halides is 1. The number of fused-ring (bicyclic) bond motifs is 1. The topological polar surface area (TPSA) is 32.9 Å². The zero-order valence-electron chi connectivity index (χ0n) is 8.59. The highest BCUT2D eigenvalue weighted by Gasteiger charge is 2.11. The van der Waals surface area contributed by atoms with Gasteiger partial charge in [-0.2, -0.15) is 0 Å². The van der Waals surface area contributed by atoms with Crippen LogP contribution >= 0.6 is 11.6 Å². The van der Waals surface area contributed by atoms with Crippen molar-refractivity contribution in [3.63, 3.8) is 0 Å². The van der Waals surface area contributed by atoms with Crippen molar-refractivity contribution in [3.8, 4) is 0 Å². The molecule has 2 nitrogen and oxygen atoms in total. The minimum absolute atomic E-state index is 0.00231. The number of H-pyrrole nitrogens is 1. The molecule has 0 saturated carbocycles. The van der Waals surface area contributed by atoms with E-state index in [4.69, 9.17) is 11.6 Å². The van der Waals surface area contributed by atoms with E-state index in [1.54, 1.807) is 12.3 Å². The number of nitrogens with one attached hydrogen (secondary N) is 1. The molecule has 2 rings (SSSR count). The van der Waals surface area contributed by atoms with Crippen LogP contribution in [0, 0.1) is 5.82 Å². The summed E-state index contributed by atoms with van der Waals surface area (Å²) in [6.45, 7) is 0.